The van der Waals surface area contributed by atoms with Crippen molar-refractivity contribution in [2.75, 3.05) is 25.0 Å². The molecule has 0 spiro atoms. The molecular weight excluding hydrogens is 272 g/mol. The first-order valence-corrected chi connectivity index (χ1v) is 7.07. The van der Waals surface area contributed by atoms with E-state index in [0.29, 0.717) is 31.0 Å². The number of nitrogens with one attached hydrogen (secondary N) is 1. The Hall–Kier alpha value is -2.24. The van der Waals surface area contributed by atoms with E-state index in [4.69, 9.17) is 9.84 Å². The number of rotatable bonds is 5. The van der Waals surface area contributed by atoms with E-state index in [1.165, 1.54) is 0 Å². The summed E-state index contributed by atoms with van der Waals surface area (Å²) in [6.45, 7) is 5.24. The van der Waals surface area contributed by atoms with Gasteiger partial charge in [-0.1, -0.05) is 6.07 Å². The van der Waals surface area contributed by atoms with Crippen LogP contribution in [-0.2, 0) is 4.79 Å². The van der Waals surface area contributed by atoms with Crippen molar-refractivity contribution in [1.29, 1.82) is 0 Å². The zero-order valence-corrected chi connectivity index (χ0v) is 12.3. The summed E-state index contributed by atoms with van der Waals surface area (Å²) in [6, 6.07) is 5.00. The van der Waals surface area contributed by atoms with Crippen molar-refractivity contribution >= 4 is 17.6 Å². The molecule has 1 unspecified atom stereocenters. The number of carboxylic acids is 1. The first kappa shape index (κ1) is 15.2. The number of hydrogen-bond acceptors (Lipinski definition) is 4. The van der Waals surface area contributed by atoms with Gasteiger partial charge in [0.15, 0.2) is 5.75 Å². The minimum Gasteiger partial charge on any atom is -0.489 e. The summed E-state index contributed by atoms with van der Waals surface area (Å²) in [6.07, 6.45) is -0.0757. The van der Waals surface area contributed by atoms with Crippen molar-refractivity contribution < 1.29 is 19.4 Å². The number of fused-ring (bicyclic) bond motifs is 1. The highest BCUT2D eigenvalue weighted by atomic mass is 16.5. The second-order valence-corrected chi connectivity index (χ2v) is 5.00. The molecule has 1 aliphatic rings. The summed E-state index contributed by atoms with van der Waals surface area (Å²) in [7, 11) is 0. The Bertz CT molecular complexity index is 544. The van der Waals surface area contributed by atoms with Crippen molar-refractivity contribution in [2.45, 2.75) is 26.3 Å². The summed E-state index contributed by atoms with van der Waals surface area (Å²) in [4.78, 5) is 25.1. The topological polar surface area (TPSA) is 78.9 Å². The van der Waals surface area contributed by atoms with E-state index < -0.39 is 5.97 Å². The van der Waals surface area contributed by atoms with Crippen LogP contribution in [0.3, 0.4) is 0 Å². The van der Waals surface area contributed by atoms with Gasteiger partial charge in [0.25, 0.3) is 5.91 Å². The maximum absolute atomic E-state index is 12.7. The lowest BCUT2D eigenvalue weighted by molar-refractivity contribution is -0.138. The normalized spacial score (nSPS) is 14.4. The number of aliphatic carboxylic acids is 1. The van der Waals surface area contributed by atoms with Crippen LogP contribution in [0.25, 0.3) is 0 Å². The number of nitrogens with zero attached hydrogens (tertiary/aromatic N) is 1. The third kappa shape index (κ3) is 3.26. The molecule has 1 amide bonds. The lowest BCUT2D eigenvalue weighted by atomic mass is 10.1. The Balaban J connectivity index is 2.27. The summed E-state index contributed by atoms with van der Waals surface area (Å²) in [5.74, 6) is -0.566. The maximum atomic E-state index is 12.7. The second kappa shape index (κ2) is 6.47. The summed E-state index contributed by atoms with van der Waals surface area (Å²) >= 11 is 0. The largest absolute Gasteiger partial charge is 0.489 e. The van der Waals surface area contributed by atoms with Crippen molar-refractivity contribution in [3.8, 4) is 5.75 Å². The smallest absolute Gasteiger partial charge is 0.305 e. The van der Waals surface area contributed by atoms with Crippen LogP contribution in [0.15, 0.2) is 18.2 Å². The second-order valence-electron chi connectivity index (χ2n) is 5.00. The van der Waals surface area contributed by atoms with Gasteiger partial charge in [0.2, 0.25) is 0 Å². The number of hydrogen-bond donors (Lipinski definition) is 2. The molecule has 0 saturated heterocycles. The van der Waals surface area contributed by atoms with E-state index in [1.54, 1.807) is 24.0 Å². The van der Waals surface area contributed by atoms with Crippen molar-refractivity contribution in [1.82, 2.24) is 4.90 Å². The van der Waals surface area contributed by atoms with Gasteiger partial charge in [0.05, 0.1) is 17.7 Å². The van der Waals surface area contributed by atoms with Crippen molar-refractivity contribution in [3.63, 3.8) is 0 Å². The van der Waals surface area contributed by atoms with Gasteiger partial charge >= 0.3 is 5.97 Å². The fourth-order valence-electron chi connectivity index (χ4n) is 2.51. The molecule has 6 heteroatoms. The van der Waals surface area contributed by atoms with E-state index in [0.717, 1.165) is 5.69 Å². The zero-order valence-electron chi connectivity index (χ0n) is 12.3. The Kier molecular flexibility index (Phi) is 4.67. The van der Waals surface area contributed by atoms with Crippen molar-refractivity contribution in [2.24, 2.45) is 0 Å². The van der Waals surface area contributed by atoms with Crippen molar-refractivity contribution in [3.05, 3.63) is 23.8 Å². The van der Waals surface area contributed by atoms with Gasteiger partial charge in [0, 0.05) is 19.1 Å². The lowest BCUT2D eigenvalue weighted by Gasteiger charge is -2.29. The number of carbonyl (C=O) groups is 2. The molecule has 114 valence electrons. The van der Waals surface area contributed by atoms with E-state index in [9.17, 15) is 9.59 Å². The van der Waals surface area contributed by atoms with Gasteiger partial charge in [-0.3, -0.25) is 9.59 Å². The fourth-order valence-corrected chi connectivity index (χ4v) is 2.51. The molecular formula is C15H20N2O4. The average Bonchev–Trinajstić information content (AvgIpc) is 2.46. The van der Waals surface area contributed by atoms with Gasteiger partial charge in [-0.25, -0.2) is 0 Å². The molecule has 1 aromatic carbocycles. The third-order valence-corrected chi connectivity index (χ3v) is 3.51. The first-order chi connectivity index (χ1) is 10.0. The number of anilines is 1. The van der Waals surface area contributed by atoms with Crippen LogP contribution in [0.4, 0.5) is 5.69 Å². The molecule has 1 atom stereocenters. The Morgan fingerprint density at radius 3 is 2.90 bits per heavy atom. The van der Waals surface area contributed by atoms with Gasteiger partial charge < -0.3 is 20.1 Å². The fraction of sp³-hybridized carbons (Fsp3) is 0.467. The predicted molar refractivity (Wildman–Crippen MR) is 78.9 cm³/mol. The highest BCUT2D eigenvalue weighted by Gasteiger charge is 2.26. The number of carbonyl (C=O) groups excluding carboxylic acids is 1. The van der Waals surface area contributed by atoms with Crippen LogP contribution in [0, 0.1) is 0 Å². The molecule has 1 aromatic rings. The maximum Gasteiger partial charge on any atom is 0.305 e. The molecule has 0 fully saturated rings. The van der Waals surface area contributed by atoms with Crippen LogP contribution >= 0.6 is 0 Å². The minimum atomic E-state index is -0.915. The van der Waals surface area contributed by atoms with E-state index in [2.05, 4.69) is 5.32 Å². The summed E-state index contributed by atoms with van der Waals surface area (Å²) in [5, 5.41) is 12.1. The molecule has 21 heavy (non-hydrogen) atoms. The van der Waals surface area contributed by atoms with Crippen LogP contribution in [0.1, 0.15) is 30.6 Å². The summed E-state index contributed by atoms with van der Waals surface area (Å²) in [5.41, 5.74) is 1.27. The third-order valence-electron chi connectivity index (χ3n) is 3.51. The van der Waals surface area contributed by atoms with Gasteiger partial charge in [-0.05, 0) is 26.0 Å². The highest BCUT2D eigenvalue weighted by Crippen LogP contribution is 2.32. The number of para-hydroxylation sites is 1. The molecule has 0 aliphatic carbocycles. The van der Waals surface area contributed by atoms with Gasteiger partial charge in [-0.2, -0.15) is 0 Å². The average molecular weight is 292 g/mol. The molecule has 0 saturated carbocycles. The molecule has 1 aliphatic heterocycles. The Morgan fingerprint density at radius 1 is 1.48 bits per heavy atom. The Labute approximate surface area is 123 Å². The molecule has 2 N–H and O–H groups in total. The quantitative estimate of drug-likeness (QED) is 0.865. The number of amides is 1. The van der Waals surface area contributed by atoms with Crippen LogP contribution in [0.2, 0.25) is 0 Å². The van der Waals surface area contributed by atoms with Crippen LogP contribution in [-0.4, -0.2) is 47.6 Å². The number of benzene rings is 1. The van der Waals surface area contributed by atoms with E-state index in [1.807, 2.05) is 13.0 Å². The molecule has 2 rings (SSSR count). The minimum absolute atomic E-state index is 0.0757. The lowest BCUT2D eigenvalue weighted by Crippen LogP contribution is -2.40. The first-order valence-electron chi connectivity index (χ1n) is 7.07. The highest BCUT2D eigenvalue weighted by molar-refractivity contribution is 5.99. The Morgan fingerprint density at radius 2 is 2.24 bits per heavy atom. The SMILES string of the molecule is CCN(C(=O)c1cccc2c1OCCN2)C(C)CC(=O)O. The standard InChI is InChI=1S/C15H20N2O4/c1-3-17(10(2)9-13(18)19)15(20)11-5-4-6-12-14(11)21-8-7-16-12/h4-6,10,16H,3,7-9H2,1-2H3,(H,18,19). The van der Waals surface area contributed by atoms with E-state index >= 15 is 0 Å². The molecule has 0 aromatic heterocycles. The van der Waals surface area contributed by atoms with Crippen LogP contribution in [0.5, 0.6) is 5.75 Å². The van der Waals surface area contributed by atoms with Gasteiger partial charge in [-0.15, -0.1) is 0 Å². The number of ether oxygens (including phenoxy) is 1. The monoisotopic (exact) mass is 292 g/mol. The molecule has 1 heterocycles. The molecule has 0 bridgehead atoms. The van der Waals surface area contributed by atoms with E-state index in [-0.39, 0.29) is 18.4 Å². The van der Waals surface area contributed by atoms with Gasteiger partial charge in [0.1, 0.15) is 6.61 Å². The zero-order chi connectivity index (χ0) is 15.4. The summed E-state index contributed by atoms with van der Waals surface area (Å²) < 4.78 is 5.60. The van der Waals surface area contributed by atoms with Crippen LogP contribution < -0.4 is 10.1 Å². The predicted octanol–water partition coefficient (Wildman–Crippen LogP) is 1.82. The molecule has 6 nitrogen and oxygen atoms in total. The number of carboxylic acid groups (broad SMARTS) is 1. The molecule has 0 radical (unpaired) electrons.